The zero-order chi connectivity index (χ0) is 21.6. The van der Waals surface area contributed by atoms with Gasteiger partial charge in [-0.05, 0) is 56.5 Å². The fourth-order valence-corrected chi connectivity index (χ4v) is 4.18. The van der Waals surface area contributed by atoms with Crippen molar-refractivity contribution in [2.45, 2.75) is 39.0 Å². The van der Waals surface area contributed by atoms with Gasteiger partial charge in [-0.15, -0.1) is 0 Å². The zero-order valence-electron chi connectivity index (χ0n) is 17.9. The van der Waals surface area contributed by atoms with Crippen LogP contribution in [0, 0.1) is 5.92 Å². The first-order valence-corrected chi connectivity index (χ1v) is 10.9. The van der Waals surface area contributed by atoms with Gasteiger partial charge in [-0.1, -0.05) is 19.1 Å². The lowest BCUT2D eigenvalue weighted by Gasteiger charge is -2.35. The maximum Gasteiger partial charge on any atom is 0.416 e. The molecule has 1 aromatic rings. The molecule has 0 amide bonds. The van der Waals surface area contributed by atoms with Crippen LogP contribution in [0.3, 0.4) is 0 Å². The average Bonchev–Trinajstić information content (AvgIpc) is 3.18. The van der Waals surface area contributed by atoms with Gasteiger partial charge in [0.2, 0.25) is 0 Å². The molecule has 2 unspecified atom stereocenters. The van der Waals surface area contributed by atoms with Gasteiger partial charge in [0.05, 0.1) is 18.7 Å². The molecule has 0 saturated carbocycles. The molecule has 2 saturated heterocycles. The Labute approximate surface area is 177 Å². The number of hydrogen-bond donors (Lipinski definition) is 1. The molecule has 2 heterocycles. The van der Waals surface area contributed by atoms with Crippen molar-refractivity contribution in [3.05, 3.63) is 35.4 Å². The molecule has 5 nitrogen and oxygen atoms in total. The molecular formula is C22H33F3N4O. The second-order valence-electron chi connectivity index (χ2n) is 8.08. The first kappa shape index (κ1) is 22.9. The minimum atomic E-state index is -4.35. The molecule has 0 aromatic heterocycles. The minimum absolute atomic E-state index is 0.406. The summed E-state index contributed by atoms with van der Waals surface area (Å²) < 4.78 is 45.1. The predicted octanol–water partition coefficient (Wildman–Crippen LogP) is 3.78. The summed E-state index contributed by atoms with van der Waals surface area (Å²) >= 11 is 0. The van der Waals surface area contributed by atoms with E-state index in [-0.39, 0.29) is 0 Å². The van der Waals surface area contributed by atoms with Crippen molar-refractivity contribution in [1.82, 2.24) is 15.1 Å². The van der Waals surface area contributed by atoms with Gasteiger partial charge in [0.15, 0.2) is 5.96 Å². The van der Waals surface area contributed by atoms with Gasteiger partial charge in [-0.25, -0.2) is 0 Å². The van der Waals surface area contributed by atoms with Gasteiger partial charge in [-0.2, -0.15) is 13.2 Å². The lowest BCUT2D eigenvalue weighted by atomic mass is 10.0. The maximum absolute atomic E-state index is 13.1. The van der Waals surface area contributed by atoms with E-state index >= 15 is 0 Å². The SMILES string of the molecule is CCCN1CCC(CN=C(NCC)N2CCOC(c3cccc(C(F)(F)F)c3)C2)C1. The summed E-state index contributed by atoms with van der Waals surface area (Å²) in [4.78, 5) is 9.47. The third kappa shape index (κ3) is 6.11. The van der Waals surface area contributed by atoms with E-state index in [1.165, 1.54) is 25.0 Å². The van der Waals surface area contributed by atoms with E-state index in [1.54, 1.807) is 6.07 Å². The van der Waals surface area contributed by atoms with Gasteiger partial charge in [0.1, 0.15) is 6.10 Å². The molecule has 1 aromatic carbocycles. The fourth-order valence-electron chi connectivity index (χ4n) is 4.18. The van der Waals surface area contributed by atoms with Crippen LogP contribution in [-0.2, 0) is 10.9 Å². The summed E-state index contributed by atoms with van der Waals surface area (Å²) in [5.41, 5.74) is -0.0875. The van der Waals surface area contributed by atoms with Crippen LogP contribution in [0.25, 0.3) is 0 Å². The molecule has 0 spiro atoms. The first-order chi connectivity index (χ1) is 14.4. The topological polar surface area (TPSA) is 40.1 Å². The highest BCUT2D eigenvalue weighted by Gasteiger charge is 2.32. The number of aliphatic imine (C=N–C) groups is 1. The molecular weight excluding hydrogens is 393 g/mol. The Kier molecular flexibility index (Phi) is 7.99. The highest BCUT2D eigenvalue weighted by atomic mass is 19.4. The summed E-state index contributed by atoms with van der Waals surface area (Å²) in [6.45, 7) is 10.7. The van der Waals surface area contributed by atoms with Crippen LogP contribution in [0.15, 0.2) is 29.3 Å². The molecule has 2 fully saturated rings. The third-order valence-corrected chi connectivity index (χ3v) is 5.70. The highest BCUT2D eigenvalue weighted by Crippen LogP contribution is 2.32. The molecule has 8 heteroatoms. The Hall–Kier alpha value is -1.80. The Balaban J connectivity index is 1.66. The van der Waals surface area contributed by atoms with E-state index in [4.69, 9.17) is 9.73 Å². The normalized spacial score (nSPS) is 23.8. The summed E-state index contributed by atoms with van der Waals surface area (Å²) in [6.07, 6.45) is -2.42. The number of alkyl halides is 3. The number of likely N-dealkylation sites (tertiary alicyclic amines) is 1. The summed E-state index contributed by atoms with van der Waals surface area (Å²) in [7, 11) is 0. The number of ether oxygens (including phenoxy) is 1. The van der Waals surface area contributed by atoms with E-state index in [0.29, 0.717) is 31.2 Å². The van der Waals surface area contributed by atoms with E-state index in [2.05, 4.69) is 22.0 Å². The highest BCUT2D eigenvalue weighted by molar-refractivity contribution is 5.80. The Morgan fingerprint density at radius 2 is 2.07 bits per heavy atom. The van der Waals surface area contributed by atoms with Gasteiger partial charge < -0.3 is 19.9 Å². The van der Waals surface area contributed by atoms with Crippen molar-refractivity contribution < 1.29 is 17.9 Å². The second-order valence-corrected chi connectivity index (χ2v) is 8.08. The van der Waals surface area contributed by atoms with Gasteiger partial charge in [0.25, 0.3) is 0 Å². The van der Waals surface area contributed by atoms with Crippen molar-refractivity contribution in [2.75, 3.05) is 52.4 Å². The number of benzene rings is 1. The van der Waals surface area contributed by atoms with E-state index in [0.717, 1.165) is 44.7 Å². The molecule has 168 valence electrons. The molecule has 2 atom stereocenters. The van der Waals surface area contributed by atoms with Gasteiger partial charge in [0, 0.05) is 26.2 Å². The van der Waals surface area contributed by atoms with Gasteiger partial charge in [-0.3, -0.25) is 4.99 Å². The Morgan fingerprint density at radius 1 is 1.23 bits per heavy atom. The molecule has 30 heavy (non-hydrogen) atoms. The maximum atomic E-state index is 13.1. The van der Waals surface area contributed by atoms with Crippen molar-refractivity contribution in [2.24, 2.45) is 10.9 Å². The molecule has 1 N–H and O–H groups in total. The van der Waals surface area contributed by atoms with Crippen LogP contribution in [0.2, 0.25) is 0 Å². The molecule has 2 aliphatic rings. The van der Waals surface area contributed by atoms with Gasteiger partial charge >= 0.3 is 6.18 Å². The average molecular weight is 427 g/mol. The lowest BCUT2D eigenvalue weighted by Crippen LogP contribution is -2.48. The van der Waals surface area contributed by atoms with Crippen molar-refractivity contribution in [3.8, 4) is 0 Å². The number of hydrogen-bond acceptors (Lipinski definition) is 3. The van der Waals surface area contributed by atoms with Crippen molar-refractivity contribution in [3.63, 3.8) is 0 Å². The van der Waals surface area contributed by atoms with Crippen LogP contribution >= 0.6 is 0 Å². The second kappa shape index (κ2) is 10.5. The fraction of sp³-hybridized carbons (Fsp3) is 0.682. The number of halogens is 3. The Bertz CT molecular complexity index is 710. The lowest BCUT2D eigenvalue weighted by molar-refractivity contribution is -0.137. The molecule has 0 aliphatic carbocycles. The van der Waals surface area contributed by atoms with Crippen LogP contribution in [-0.4, -0.2) is 68.2 Å². The molecule has 0 radical (unpaired) electrons. The van der Waals surface area contributed by atoms with Crippen molar-refractivity contribution in [1.29, 1.82) is 0 Å². The first-order valence-electron chi connectivity index (χ1n) is 10.9. The van der Waals surface area contributed by atoms with Crippen LogP contribution in [0.5, 0.6) is 0 Å². The minimum Gasteiger partial charge on any atom is -0.370 e. The smallest absolute Gasteiger partial charge is 0.370 e. The van der Waals surface area contributed by atoms with E-state index in [9.17, 15) is 13.2 Å². The molecule has 0 bridgehead atoms. The zero-order valence-corrected chi connectivity index (χ0v) is 17.9. The standard InChI is InChI=1S/C22H33F3N4O/c1-3-9-28-10-8-17(15-28)14-27-21(26-4-2)29-11-12-30-20(16-29)18-6-5-7-19(13-18)22(23,24)25/h5-7,13,17,20H,3-4,8-12,14-16H2,1-2H3,(H,26,27). The Morgan fingerprint density at radius 3 is 2.80 bits per heavy atom. The summed E-state index contributed by atoms with van der Waals surface area (Å²) in [6, 6.07) is 5.44. The predicted molar refractivity (Wildman–Crippen MR) is 113 cm³/mol. The number of rotatable bonds is 6. The van der Waals surface area contributed by atoms with Crippen LogP contribution < -0.4 is 5.32 Å². The largest absolute Gasteiger partial charge is 0.416 e. The summed E-state index contributed by atoms with van der Waals surface area (Å²) in [5.74, 6) is 1.39. The van der Waals surface area contributed by atoms with E-state index in [1.807, 2.05) is 6.92 Å². The number of nitrogens with one attached hydrogen (secondary N) is 1. The van der Waals surface area contributed by atoms with Crippen LogP contribution in [0.4, 0.5) is 13.2 Å². The number of morpholine rings is 1. The third-order valence-electron chi connectivity index (χ3n) is 5.70. The monoisotopic (exact) mass is 426 g/mol. The number of guanidine groups is 1. The summed E-state index contributed by atoms with van der Waals surface area (Å²) in [5, 5.41) is 3.35. The van der Waals surface area contributed by atoms with Crippen molar-refractivity contribution >= 4 is 5.96 Å². The molecule has 3 rings (SSSR count). The number of nitrogens with zero attached hydrogens (tertiary/aromatic N) is 3. The van der Waals surface area contributed by atoms with E-state index < -0.39 is 17.8 Å². The van der Waals surface area contributed by atoms with Crippen LogP contribution in [0.1, 0.15) is 43.9 Å². The molecule has 2 aliphatic heterocycles. The quantitative estimate of drug-likeness (QED) is 0.555.